The largest absolute Gasteiger partial charge is 0.477 e. The Labute approximate surface area is 139 Å². The van der Waals surface area contributed by atoms with Crippen LogP contribution in [0.25, 0.3) is 0 Å². The van der Waals surface area contributed by atoms with E-state index in [0.29, 0.717) is 21.8 Å². The molecule has 1 unspecified atom stereocenters. The number of nitrogens with two attached hydrogens (primary N) is 1. The highest BCUT2D eigenvalue weighted by Crippen LogP contribution is 2.40. The van der Waals surface area contributed by atoms with Crippen molar-refractivity contribution in [3.63, 3.8) is 0 Å². The summed E-state index contributed by atoms with van der Waals surface area (Å²) in [6, 6.07) is -0.593. The normalized spacial score (nSPS) is 28.5. The van der Waals surface area contributed by atoms with E-state index in [9.17, 15) is 14.7 Å². The SMILES string of the molecule is NC1C(=O)N2C(C(=O)O)=C(CSN3CSC(S)=N3)CS[C@H]12. The molecule has 11 heteroatoms. The molecule has 0 spiro atoms. The Morgan fingerprint density at radius 1 is 1.62 bits per heavy atom. The Hall–Kier alpha value is -0.490. The number of carboxylic acid groups (broad SMARTS) is 1. The van der Waals surface area contributed by atoms with Crippen LogP contribution in [0.3, 0.4) is 0 Å². The van der Waals surface area contributed by atoms with Crippen molar-refractivity contribution in [1.82, 2.24) is 9.31 Å². The second kappa shape index (κ2) is 5.95. The fourth-order valence-electron chi connectivity index (χ4n) is 2.18. The van der Waals surface area contributed by atoms with E-state index >= 15 is 0 Å². The number of hydrazone groups is 1. The van der Waals surface area contributed by atoms with Crippen LogP contribution in [0.2, 0.25) is 0 Å². The number of fused-ring (bicyclic) bond motifs is 1. The highest BCUT2D eigenvalue weighted by molar-refractivity contribution is 8.32. The average Bonchev–Trinajstić information content (AvgIpc) is 2.88. The summed E-state index contributed by atoms with van der Waals surface area (Å²) in [6.45, 7) is 0. The molecule has 21 heavy (non-hydrogen) atoms. The van der Waals surface area contributed by atoms with Crippen LogP contribution in [0, 0.1) is 0 Å². The van der Waals surface area contributed by atoms with Crippen LogP contribution in [0.1, 0.15) is 0 Å². The Balaban J connectivity index is 1.75. The molecular weight excluding hydrogens is 352 g/mol. The lowest BCUT2D eigenvalue weighted by Gasteiger charge is -2.48. The molecule has 1 saturated heterocycles. The molecule has 0 aliphatic carbocycles. The molecular formula is C10H12N4O3S4. The van der Waals surface area contributed by atoms with Crippen molar-refractivity contribution < 1.29 is 14.7 Å². The standard InChI is InChI=1S/C10H12N4O3S4/c11-5-7(15)14-6(9(16)17)4(1-19-8(5)14)2-21-13-3-20-10(18)12-13/h5,8H,1-3,11H2,(H,12,18)(H,16,17)/t5?,8-/m1/s1. The third-order valence-electron chi connectivity index (χ3n) is 3.18. The van der Waals surface area contributed by atoms with E-state index in [-0.39, 0.29) is 17.0 Å². The second-order valence-corrected chi connectivity index (χ2v) is 8.21. The number of carbonyl (C=O) groups excluding carboxylic acids is 1. The van der Waals surface area contributed by atoms with Crippen molar-refractivity contribution in [3.05, 3.63) is 11.3 Å². The zero-order valence-corrected chi connectivity index (χ0v) is 14.0. The summed E-state index contributed by atoms with van der Waals surface area (Å²) in [7, 11) is 0. The molecule has 0 bridgehead atoms. The molecule has 3 rings (SSSR count). The van der Waals surface area contributed by atoms with E-state index in [1.165, 1.54) is 40.4 Å². The van der Waals surface area contributed by atoms with Gasteiger partial charge >= 0.3 is 5.97 Å². The molecule has 3 heterocycles. The molecule has 2 atom stereocenters. The van der Waals surface area contributed by atoms with Gasteiger partial charge in [-0.1, -0.05) is 11.8 Å². The van der Waals surface area contributed by atoms with Gasteiger partial charge in [0.25, 0.3) is 0 Å². The minimum absolute atomic E-state index is 0.0832. The van der Waals surface area contributed by atoms with Crippen molar-refractivity contribution in [3.8, 4) is 0 Å². The number of β-lactam (4-membered cyclic amide) rings is 1. The molecule has 0 saturated carbocycles. The number of nitrogens with zero attached hydrogens (tertiary/aromatic N) is 3. The van der Waals surface area contributed by atoms with Gasteiger partial charge in [-0.05, 0) is 17.5 Å². The number of thiol groups is 1. The van der Waals surface area contributed by atoms with Crippen molar-refractivity contribution in [1.29, 1.82) is 0 Å². The first kappa shape index (κ1) is 15.4. The van der Waals surface area contributed by atoms with Gasteiger partial charge in [-0.2, -0.15) is 5.10 Å². The zero-order valence-electron chi connectivity index (χ0n) is 10.6. The summed E-state index contributed by atoms with van der Waals surface area (Å²) in [5.41, 5.74) is 6.51. The topological polar surface area (TPSA) is 99.2 Å². The van der Waals surface area contributed by atoms with Crippen molar-refractivity contribution in [2.24, 2.45) is 10.8 Å². The lowest BCUT2D eigenvalue weighted by molar-refractivity contribution is -0.147. The third kappa shape index (κ3) is 2.77. The quantitative estimate of drug-likeness (QED) is 0.375. The maximum absolute atomic E-state index is 11.8. The van der Waals surface area contributed by atoms with Crippen LogP contribution in [-0.4, -0.2) is 59.5 Å². The molecule has 0 aromatic carbocycles. The van der Waals surface area contributed by atoms with Crippen LogP contribution < -0.4 is 5.73 Å². The molecule has 0 aromatic rings. The number of thioether (sulfide) groups is 2. The Kier molecular flexibility index (Phi) is 4.37. The predicted molar refractivity (Wildman–Crippen MR) is 88.9 cm³/mol. The highest BCUT2D eigenvalue weighted by atomic mass is 32.2. The number of amides is 1. The van der Waals surface area contributed by atoms with Crippen molar-refractivity contribution in [2.45, 2.75) is 11.4 Å². The highest BCUT2D eigenvalue weighted by Gasteiger charge is 2.51. The maximum atomic E-state index is 11.8. The van der Waals surface area contributed by atoms with Crippen LogP contribution in [-0.2, 0) is 9.59 Å². The van der Waals surface area contributed by atoms with Crippen LogP contribution in [0.4, 0.5) is 0 Å². The smallest absolute Gasteiger partial charge is 0.352 e. The number of rotatable bonds is 4. The summed E-state index contributed by atoms with van der Waals surface area (Å²) < 4.78 is 2.46. The van der Waals surface area contributed by atoms with Crippen molar-refractivity contribution >= 4 is 64.4 Å². The summed E-state index contributed by atoms with van der Waals surface area (Å²) in [5.74, 6) is 0.327. The molecule has 0 aromatic heterocycles. The van der Waals surface area contributed by atoms with E-state index in [1.54, 1.807) is 4.41 Å². The van der Waals surface area contributed by atoms with Gasteiger partial charge in [0.2, 0.25) is 5.91 Å². The molecule has 3 aliphatic heterocycles. The monoisotopic (exact) mass is 364 g/mol. The average molecular weight is 364 g/mol. The summed E-state index contributed by atoms with van der Waals surface area (Å²) in [4.78, 5) is 24.6. The lowest BCUT2D eigenvalue weighted by atomic mass is 10.0. The molecule has 1 amide bonds. The van der Waals surface area contributed by atoms with Gasteiger partial charge in [0.15, 0.2) is 0 Å². The first-order chi connectivity index (χ1) is 9.99. The molecule has 3 N–H and O–H groups in total. The maximum Gasteiger partial charge on any atom is 0.352 e. The predicted octanol–water partition coefficient (Wildman–Crippen LogP) is 0.423. The van der Waals surface area contributed by atoms with E-state index < -0.39 is 12.0 Å². The molecule has 3 aliphatic rings. The fraction of sp³-hybridized carbons (Fsp3) is 0.500. The number of hydrogen-bond donors (Lipinski definition) is 3. The third-order valence-corrected chi connectivity index (χ3v) is 6.88. The molecule has 7 nitrogen and oxygen atoms in total. The van der Waals surface area contributed by atoms with E-state index in [1.807, 2.05) is 0 Å². The second-order valence-electron chi connectivity index (χ2n) is 4.47. The summed E-state index contributed by atoms with van der Waals surface area (Å²) in [6.07, 6.45) is 0. The molecule has 0 radical (unpaired) electrons. The number of carboxylic acids is 1. The summed E-state index contributed by atoms with van der Waals surface area (Å²) in [5, 5.41) is 13.3. The van der Waals surface area contributed by atoms with Gasteiger partial charge in [-0.3, -0.25) is 9.69 Å². The van der Waals surface area contributed by atoms with E-state index in [2.05, 4.69) is 17.7 Å². The van der Waals surface area contributed by atoms with Gasteiger partial charge in [-0.25, -0.2) is 9.21 Å². The van der Waals surface area contributed by atoms with Gasteiger partial charge < -0.3 is 10.8 Å². The number of carbonyl (C=O) groups is 2. The van der Waals surface area contributed by atoms with Crippen LogP contribution in [0.15, 0.2) is 16.4 Å². The Bertz CT molecular complexity index is 567. The Morgan fingerprint density at radius 3 is 3.00 bits per heavy atom. The van der Waals surface area contributed by atoms with Gasteiger partial charge in [0.05, 0.1) is 0 Å². The first-order valence-electron chi connectivity index (χ1n) is 5.95. The minimum Gasteiger partial charge on any atom is -0.477 e. The Morgan fingerprint density at radius 2 is 2.38 bits per heavy atom. The number of aliphatic carboxylic acids is 1. The molecule has 114 valence electrons. The summed E-state index contributed by atoms with van der Waals surface area (Å²) >= 11 is 8.60. The lowest BCUT2D eigenvalue weighted by Crippen LogP contribution is -2.68. The van der Waals surface area contributed by atoms with E-state index in [4.69, 9.17) is 5.73 Å². The van der Waals surface area contributed by atoms with Crippen LogP contribution >= 0.6 is 48.1 Å². The van der Waals surface area contributed by atoms with Gasteiger partial charge in [-0.15, -0.1) is 24.4 Å². The van der Waals surface area contributed by atoms with E-state index in [0.717, 1.165) is 5.57 Å². The van der Waals surface area contributed by atoms with Crippen molar-refractivity contribution in [2.75, 3.05) is 17.4 Å². The minimum atomic E-state index is -1.08. The fourth-order valence-corrected chi connectivity index (χ4v) is 5.57. The molecule has 1 fully saturated rings. The number of hydrogen-bond acceptors (Lipinski definition) is 8. The first-order valence-corrected chi connectivity index (χ1v) is 9.38. The van der Waals surface area contributed by atoms with Gasteiger partial charge in [0.1, 0.15) is 27.4 Å². The zero-order chi connectivity index (χ0) is 15.1. The van der Waals surface area contributed by atoms with Gasteiger partial charge in [0, 0.05) is 11.5 Å². The van der Waals surface area contributed by atoms with Crippen LogP contribution in [0.5, 0.6) is 0 Å².